The summed E-state index contributed by atoms with van der Waals surface area (Å²) < 4.78 is 5.16. The number of nitrogens with one attached hydrogen (secondary N) is 2. The molecule has 3 rings (SSSR count). The standard InChI is InChI=1S/C21H17Cl2N3O3S/c1-29-18-7-6-12(8-16(18)23)13-9-19(27)26-21(14(13)10-24)30-11-20(28)25-17-5-3-2-4-15(17)22/h2-8,13H,9,11H2,1H3,(H,25,28)(H,26,27)/t13-/m1/s1. The number of benzene rings is 2. The Kier molecular flexibility index (Phi) is 7.27. The molecule has 0 spiro atoms. The molecule has 6 nitrogen and oxygen atoms in total. The predicted molar refractivity (Wildman–Crippen MR) is 119 cm³/mol. The third-order valence-corrected chi connectivity index (χ3v) is 6.07. The zero-order chi connectivity index (χ0) is 21.7. The SMILES string of the molecule is COc1ccc([C@H]2CC(=O)NC(SCC(=O)Nc3ccccc3Cl)=C2C#N)cc1Cl. The Morgan fingerprint density at radius 1 is 1.30 bits per heavy atom. The first-order valence-corrected chi connectivity index (χ1v) is 10.6. The average molecular weight is 462 g/mol. The number of amides is 2. The van der Waals surface area contributed by atoms with Gasteiger partial charge in [-0.1, -0.05) is 53.2 Å². The first-order valence-electron chi connectivity index (χ1n) is 8.87. The van der Waals surface area contributed by atoms with Crippen LogP contribution in [0.3, 0.4) is 0 Å². The van der Waals surface area contributed by atoms with Gasteiger partial charge in [-0.25, -0.2) is 0 Å². The van der Waals surface area contributed by atoms with Crippen molar-refractivity contribution in [2.45, 2.75) is 12.3 Å². The van der Waals surface area contributed by atoms with Crippen LogP contribution in [0.25, 0.3) is 0 Å². The maximum atomic E-state index is 12.3. The lowest BCUT2D eigenvalue weighted by atomic mass is 9.87. The molecule has 0 aromatic heterocycles. The number of nitrogens with zero attached hydrogens (tertiary/aromatic N) is 1. The van der Waals surface area contributed by atoms with Gasteiger partial charge in [0.1, 0.15) is 5.75 Å². The van der Waals surface area contributed by atoms with E-state index >= 15 is 0 Å². The molecule has 0 saturated carbocycles. The van der Waals surface area contributed by atoms with E-state index in [1.807, 2.05) is 0 Å². The second kappa shape index (κ2) is 9.90. The summed E-state index contributed by atoms with van der Waals surface area (Å²) in [6.07, 6.45) is 0.113. The third kappa shape index (κ3) is 5.08. The Bertz CT molecular complexity index is 1070. The second-order valence-corrected chi connectivity index (χ2v) is 8.17. The van der Waals surface area contributed by atoms with Crippen LogP contribution >= 0.6 is 35.0 Å². The van der Waals surface area contributed by atoms with E-state index in [1.54, 1.807) is 42.5 Å². The van der Waals surface area contributed by atoms with Gasteiger partial charge in [-0.2, -0.15) is 5.26 Å². The molecule has 1 heterocycles. The number of halogens is 2. The summed E-state index contributed by atoms with van der Waals surface area (Å²) in [5.74, 6) is -0.487. The van der Waals surface area contributed by atoms with Crippen LogP contribution in [-0.4, -0.2) is 24.7 Å². The minimum absolute atomic E-state index is 0.00209. The summed E-state index contributed by atoms with van der Waals surface area (Å²) in [5.41, 5.74) is 1.61. The summed E-state index contributed by atoms with van der Waals surface area (Å²) in [6, 6.07) is 14.2. The number of allylic oxidation sites excluding steroid dienone is 1. The first kappa shape index (κ1) is 22.0. The summed E-state index contributed by atoms with van der Waals surface area (Å²) in [7, 11) is 1.51. The number of rotatable bonds is 6. The van der Waals surface area contributed by atoms with Gasteiger partial charge in [0.15, 0.2) is 0 Å². The van der Waals surface area contributed by atoms with Crippen LogP contribution in [0.2, 0.25) is 10.0 Å². The molecule has 1 aliphatic rings. The minimum atomic E-state index is -0.457. The van der Waals surface area contributed by atoms with E-state index in [9.17, 15) is 14.9 Å². The highest BCUT2D eigenvalue weighted by atomic mass is 35.5. The Labute approximate surface area is 188 Å². The fourth-order valence-corrected chi connectivity index (χ4v) is 4.33. The van der Waals surface area contributed by atoms with E-state index in [0.717, 1.165) is 17.3 Å². The van der Waals surface area contributed by atoms with Gasteiger partial charge in [-0.3, -0.25) is 9.59 Å². The summed E-state index contributed by atoms with van der Waals surface area (Å²) in [5, 5.41) is 16.3. The van der Waals surface area contributed by atoms with Gasteiger partial charge in [0.05, 0.1) is 45.3 Å². The Balaban J connectivity index is 1.79. The first-order chi connectivity index (χ1) is 14.4. The van der Waals surface area contributed by atoms with Gasteiger partial charge in [-0.05, 0) is 29.8 Å². The highest BCUT2D eigenvalue weighted by Gasteiger charge is 2.30. The van der Waals surface area contributed by atoms with E-state index in [2.05, 4.69) is 16.7 Å². The number of hydrogen-bond donors (Lipinski definition) is 2. The molecule has 0 saturated heterocycles. The normalized spacial score (nSPS) is 15.9. The topological polar surface area (TPSA) is 91.2 Å². The Morgan fingerprint density at radius 3 is 2.73 bits per heavy atom. The molecule has 30 heavy (non-hydrogen) atoms. The molecule has 9 heteroatoms. The average Bonchev–Trinajstić information content (AvgIpc) is 2.73. The molecule has 2 aromatic rings. The van der Waals surface area contributed by atoms with Crippen LogP contribution in [0.5, 0.6) is 5.75 Å². The number of anilines is 1. The van der Waals surface area contributed by atoms with E-state index < -0.39 is 5.92 Å². The molecule has 0 bridgehead atoms. The number of carbonyl (C=O) groups is 2. The van der Waals surface area contributed by atoms with Crippen molar-refractivity contribution in [2.75, 3.05) is 18.2 Å². The van der Waals surface area contributed by atoms with E-state index in [1.165, 1.54) is 7.11 Å². The second-order valence-electron chi connectivity index (χ2n) is 6.37. The molecule has 0 radical (unpaired) electrons. The highest BCUT2D eigenvalue weighted by molar-refractivity contribution is 8.03. The van der Waals surface area contributed by atoms with Crippen molar-refractivity contribution < 1.29 is 14.3 Å². The molecular formula is C21H17Cl2N3O3S. The molecule has 0 aliphatic carbocycles. The van der Waals surface area contributed by atoms with Crippen LogP contribution in [0.1, 0.15) is 17.9 Å². The van der Waals surface area contributed by atoms with Crippen LogP contribution in [0, 0.1) is 11.3 Å². The molecule has 2 amide bonds. The van der Waals surface area contributed by atoms with E-state index in [0.29, 0.717) is 32.1 Å². The molecule has 154 valence electrons. The van der Waals surface area contributed by atoms with Crippen LogP contribution in [0.15, 0.2) is 53.1 Å². The van der Waals surface area contributed by atoms with Gasteiger partial charge < -0.3 is 15.4 Å². The number of ether oxygens (including phenoxy) is 1. The van der Waals surface area contributed by atoms with Gasteiger partial charge >= 0.3 is 0 Å². The lowest BCUT2D eigenvalue weighted by Crippen LogP contribution is -2.31. The number of thioether (sulfide) groups is 1. The Morgan fingerprint density at radius 2 is 2.07 bits per heavy atom. The van der Waals surface area contributed by atoms with Crippen molar-refractivity contribution in [1.82, 2.24) is 5.32 Å². The van der Waals surface area contributed by atoms with Crippen molar-refractivity contribution in [3.8, 4) is 11.8 Å². The molecule has 0 unspecified atom stereocenters. The Hall–Kier alpha value is -2.66. The van der Waals surface area contributed by atoms with Gasteiger partial charge in [0, 0.05) is 12.3 Å². The summed E-state index contributed by atoms with van der Waals surface area (Å²) in [6.45, 7) is 0. The van der Waals surface area contributed by atoms with Gasteiger partial charge in [0.2, 0.25) is 11.8 Å². The lowest BCUT2D eigenvalue weighted by Gasteiger charge is -2.25. The molecule has 1 atom stereocenters. The monoisotopic (exact) mass is 461 g/mol. The number of para-hydroxylation sites is 1. The van der Waals surface area contributed by atoms with Gasteiger partial charge in [-0.15, -0.1) is 0 Å². The van der Waals surface area contributed by atoms with Crippen molar-refractivity contribution in [1.29, 1.82) is 5.26 Å². The fraction of sp³-hybridized carbons (Fsp3) is 0.190. The molecule has 2 N–H and O–H groups in total. The maximum absolute atomic E-state index is 12.3. The zero-order valence-corrected chi connectivity index (χ0v) is 18.2. The van der Waals surface area contributed by atoms with Crippen LogP contribution in [-0.2, 0) is 9.59 Å². The fourth-order valence-electron chi connectivity index (χ4n) is 3.00. The van der Waals surface area contributed by atoms with Crippen LogP contribution in [0.4, 0.5) is 5.69 Å². The van der Waals surface area contributed by atoms with Crippen molar-refractivity contribution in [2.24, 2.45) is 0 Å². The smallest absolute Gasteiger partial charge is 0.234 e. The number of methoxy groups -OCH3 is 1. The number of nitriles is 1. The maximum Gasteiger partial charge on any atom is 0.234 e. The number of carbonyl (C=O) groups excluding carboxylic acids is 2. The van der Waals surface area contributed by atoms with Crippen molar-refractivity contribution in [3.05, 3.63) is 68.7 Å². The van der Waals surface area contributed by atoms with Crippen LogP contribution < -0.4 is 15.4 Å². The minimum Gasteiger partial charge on any atom is -0.495 e. The predicted octanol–water partition coefficient (Wildman–Crippen LogP) is 4.71. The number of hydrogen-bond acceptors (Lipinski definition) is 5. The van der Waals surface area contributed by atoms with E-state index in [4.69, 9.17) is 27.9 Å². The molecule has 0 fully saturated rings. The largest absolute Gasteiger partial charge is 0.495 e. The highest BCUT2D eigenvalue weighted by Crippen LogP contribution is 2.38. The molecular weight excluding hydrogens is 445 g/mol. The summed E-state index contributed by atoms with van der Waals surface area (Å²) in [4.78, 5) is 24.6. The molecule has 2 aromatic carbocycles. The van der Waals surface area contributed by atoms with Crippen molar-refractivity contribution in [3.63, 3.8) is 0 Å². The quantitative estimate of drug-likeness (QED) is 0.649. The lowest BCUT2D eigenvalue weighted by molar-refractivity contribution is -0.121. The van der Waals surface area contributed by atoms with Gasteiger partial charge in [0.25, 0.3) is 0 Å². The van der Waals surface area contributed by atoms with Crippen molar-refractivity contribution >= 4 is 52.5 Å². The molecule has 1 aliphatic heterocycles. The summed E-state index contributed by atoms with van der Waals surface area (Å²) >= 11 is 13.4. The van der Waals surface area contributed by atoms with E-state index in [-0.39, 0.29) is 24.0 Å². The zero-order valence-electron chi connectivity index (χ0n) is 15.9. The third-order valence-electron chi connectivity index (χ3n) is 4.43.